The zero-order chi connectivity index (χ0) is 23.8. The van der Waals surface area contributed by atoms with Gasteiger partial charge in [0.05, 0.1) is 18.3 Å². The minimum atomic E-state index is -0.566. The largest absolute Gasteiger partial charge is 0.443 e. The van der Waals surface area contributed by atoms with Crippen LogP contribution in [0.15, 0.2) is 54.7 Å². The van der Waals surface area contributed by atoms with E-state index in [1.54, 1.807) is 11.1 Å². The standard InChI is InChI=1S/C25H28F2N4O2/c1-25(2,3)22(31-14-18(12-28)33-24(31)32)23-29-21(19-11-17(26)9-10-20(19)27)15-30(23)13-16-7-5-4-6-8-16/h4-11,15,18,22H,12-14,28H2,1-3H3. The molecular weight excluding hydrogens is 426 g/mol. The minimum absolute atomic E-state index is 0.0690. The number of aromatic nitrogens is 2. The van der Waals surface area contributed by atoms with Gasteiger partial charge in [-0.2, -0.15) is 0 Å². The van der Waals surface area contributed by atoms with E-state index in [4.69, 9.17) is 15.5 Å². The lowest BCUT2D eigenvalue weighted by molar-refractivity contribution is 0.104. The molecule has 8 heteroatoms. The molecule has 2 heterocycles. The number of hydrogen-bond acceptors (Lipinski definition) is 4. The fourth-order valence-corrected chi connectivity index (χ4v) is 4.25. The van der Waals surface area contributed by atoms with Crippen LogP contribution < -0.4 is 5.73 Å². The predicted molar refractivity (Wildman–Crippen MR) is 121 cm³/mol. The van der Waals surface area contributed by atoms with Gasteiger partial charge in [0.1, 0.15) is 23.6 Å². The monoisotopic (exact) mass is 454 g/mol. The van der Waals surface area contributed by atoms with Crippen molar-refractivity contribution in [2.45, 2.75) is 39.5 Å². The van der Waals surface area contributed by atoms with Crippen LogP contribution in [0.5, 0.6) is 0 Å². The van der Waals surface area contributed by atoms with Gasteiger partial charge in [0.25, 0.3) is 0 Å². The Balaban J connectivity index is 1.85. The van der Waals surface area contributed by atoms with Gasteiger partial charge in [-0.05, 0) is 29.2 Å². The number of nitrogens with two attached hydrogens (primary N) is 1. The first kappa shape index (κ1) is 22.9. The summed E-state index contributed by atoms with van der Waals surface area (Å²) in [7, 11) is 0. The highest BCUT2D eigenvalue weighted by molar-refractivity contribution is 5.71. The molecule has 33 heavy (non-hydrogen) atoms. The summed E-state index contributed by atoms with van der Waals surface area (Å²) in [5.74, 6) is -0.546. The lowest BCUT2D eigenvalue weighted by Gasteiger charge is -2.36. The van der Waals surface area contributed by atoms with Crippen LogP contribution in [-0.4, -0.2) is 39.7 Å². The van der Waals surface area contributed by atoms with Crippen molar-refractivity contribution in [3.63, 3.8) is 0 Å². The van der Waals surface area contributed by atoms with Crippen molar-refractivity contribution < 1.29 is 18.3 Å². The number of benzene rings is 2. The van der Waals surface area contributed by atoms with E-state index in [1.807, 2.05) is 55.7 Å². The molecule has 4 rings (SSSR count). The molecule has 0 radical (unpaired) electrons. The number of rotatable bonds is 6. The van der Waals surface area contributed by atoms with Crippen LogP contribution in [0.3, 0.4) is 0 Å². The summed E-state index contributed by atoms with van der Waals surface area (Å²) in [6, 6.07) is 12.6. The van der Waals surface area contributed by atoms with Crippen molar-refractivity contribution in [1.82, 2.24) is 14.5 Å². The SMILES string of the molecule is CC(C)(C)C(c1nc(-c2cc(F)ccc2F)cn1Cc1ccccc1)N1CC(CN)OC1=O. The predicted octanol–water partition coefficient (Wildman–Crippen LogP) is 4.74. The Hall–Kier alpha value is -3.26. The molecule has 1 aliphatic heterocycles. The highest BCUT2D eigenvalue weighted by Crippen LogP contribution is 2.41. The fourth-order valence-electron chi connectivity index (χ4n) is 4.25. The Morgan fingerprint density at radius 3 is 2.55 bits per heavy atom. The van der Waals surface area contributed by atoms with Gasteiger partial charge < -0.3 is 15.0 Å². The first-order valence-corrected chi connectivity index (χ1v) is 10.9. The third-order valence-electron chi connectivity index (χ3n) is 5.75. The molecule has 1 aliphatic rings. The minimum Gasteiger partial charge on any atom is -0.443 e. The van der Waals surface area contributed by atoms with Crippen molar-refractivity contribution in [1.29, 1.82) is 0 Å². The van der Waals surface area contributed by atoms with Crippen LogP contribution in [0.2, 0.25) is 0 Å². The maximum Gasteiger partial charge on any atom is 0.410 e. The Bertz CT molecular complexity index is 1140. The molecule has 2 N–H and O–H groups in total. The van der Waals surface area contributed by atoms with Crippen LogP contribution in [-0.2, 0) is 11.3 Å². The third kappa shape index (κ3) is 4.75. The van der Waals surface area contributed by atoms with Crippen LogP contribution in [0.1, 0.15) is 38.2 Å². The summed E-state index contributed by atoms with van der Waals surface area (Å²) >= 11 is 0. The summed E-state index contributed by atoms with van der Waals surface area (Å²) in [6.45, 7) is 7.02. The molecule has 0 spiro atoms. The lowest BCUT2D eigenvalue weighted by atomic mass is 9.85. The number of carbonyl (C=O) groups excluding carboxylic acids is 1. The Morgan fingerprint density at radius 1 is 1.18 bits per heavy atom. The maximum atomic E-state index is 14.6. The molecule has 2 atom stereocenters. The van der Waals surface area contributed by atoms with Gasteiger partial charge in [-0.3, -0.25) is 4.90 Å². The highest BCUT2D eigenvalue weighted by atomic mass is 19.1. The molecule has 1 aromatic heterocycles. The van der Waals surface area contributed by atoms with Crippen LogP contribution in [0.4, 0.5) is 13.6 Å². The van der Waals surface area contributed by atoms with Crippen molar-refractivity contribution >= 4 is 6.09 Å². The molecule has 0 saturated carbocycles. The molecule has 6 nitrogen and oxygen atoms in total. The van der Waals surface area contributed by atoms with E-state index < -0.39 is 35.3 Å². The number of ether oxygens (including phenoxy) is 1. The summed E-state index contributed by atoms with van der Waals surface area (Å²) < 4.78 is 35.9. The Kier molecular flexibility index (Phi) is 6.21. The second-order valence-corrected chi connectivity index (χ2v) is 9.38. The number of halogens is 2. The number of imidazole rings is 1. The van der Waals surface area contributed by atoms with E-state index >= 15 is 0 Å². The molecule has 0 aliphatic carbocycles. The maximum absolute atomic E-state index is 14.6. The zero-order valence-electron chi connectivity index (χ0n) is 19.0. The number of hydrogen-bond donors (Lipinski definition) is 1. The molecule has 0 bridgehead atoms. The molecule has 3 aromatic rings. The van der Waals surface area contributed by atoms with E-state index in [1.165, 1.54) is 0 Å². The second-order valence-electron chi connectivity index (χ2n) is 9.38. The normalized spacial score (nSPS) is 17.3. The van der Waals surface area contributed by atoms with E-state index in [0.29, 0.717) is 24.6 Å². The van der Waals surface area contributed by atoms with Crippen molar-refractivity contribution in [3.8, 4) is 11.3 Å². The van der Waals surface area contributed by atoms with Gasteiger partial charge in [0.15, 0.2) is 0 Å². The Morgan fingerprint density at radius 2 is 1.91 bits per heavy atom. The molecule has 2 unspecified atom stereocenters. The summed E-state index contributed by atoms with van der Waals surface area (Å²) in [6.07, 6.45) is 0.846. The van der Waals surface area contributed by atoms with Crippen molar-refractivity contribution in [3.05, 3.63) is 77.8 Å². The van der Waals surface area contributed by atoms with Gasteiger partial charge in [-0.15, -0.1) is 0 Å². The van der Waals surface area contributed by atoms with Crippen molar-refractivity contribution in [2.24, 2.45) is 11.1 Å². The van der Waals surface area contributed by atoms with Crippen LogP contribution in [0, 0.1) is 17.0 Å². The number of amides is 1. The molecular formula is C25H28F2N4O2. The first-order valence-electron chi connectivity index (χ1n) is 10.9. The lowest BCUT2D eigenvalue weighted by Crippen LogP contribution is -2.40. The van der Waals surface area contributed by atoms with E-state index in [9.17, 15) is 13.6 Å². The van der Waals surface area contributed by atoms with Crippen molar-refractivity contribution in [2.75, 3.05) is 13.1 Å². The van der Waals surface area contributed by atoms with Gasteiger partial charge in [0.2, 0.25) is 0 Å². The quantitative estimate of drug-likeness (QED) is 0.584. The summed E-state index contributed by atoms with van der Waals surface area (Å²) in [5, 5.41) is 0. The van der Waals surface area contributed by atoms with Gasteiger partial charge in [-0.1, -0.05) is 51.1 Å². The smallest absolute Gasteiger partial charge is 0.410 e. The number of nitrogens with zero attached hydrogens (tertiary/aromatic N) is 3. The van der Waals surface area contributed by atoms with Gasteiger partial charge >= 0.3 is 6.09 Å². The van der Waals surface area contributed by atoms with Crippen LogP contribution in [0.25, 0.3) is 11.3 Å². The van der Waals surface area contributed by atoms with E-state index in [-0.39, 0.29) is 12.1 Å². The zero-order valence-corrected chi connectivity index (χ0v) is 19.0. The molecule has 1 amide bonds. The highest BCUT2D eigenvalue weighted by Gasteiger charge is 2.44. The number of carbonyl (C=O) groups is 1. The van der Waals surface area contributed by atoms with Gasteiger partial charge in [-0.25, -0.2) is 18.6 Å². The van der Waals surface area contributed by atoms with E-state index in [2.05, 4.69) is 0 Å². The summed E-state index contributed by atoms with van der Waals surface area (Å²) in [4.78, 5) is 19.1. The summed E-state index contributed by atoms with van der Waals surface area (Å²) in [5.41, 5.74) is 6.70. The Labute approximate surface area is 192 Å². The molecule has 2 aromatic carbocycles. The van der Waals surface area contributed by atoms with Crippen LogP contribution >= 0.6 is 0 Å². The average Bonchev–Trinajstić information content (AvgIpc) is 3.33. The average molecular weight is 455 g/mol. The molecule has 1 fully saturated rings. The number of cyclic esters (lactones) is 1. The fraction of sp³-hybridized carbons (Fsp3) is 0.360. The first-order chi connectivity index (χ1) is 15.7. The molecule has 174 valence electrons. The topological polar surface area (TPSA) is 73.4 Å². The van der Waals surface area contributed by atoms with Gasteiger partial charge in [0, 0.05) is 24.8 Å². The second kappa shape index (κ2) is 8.94. The van der Waals surface area contributed by atoms with E-state index in [0.717, 1.165) is 23.8 Å². The third-order valence-corrected chi connectivity index (χ3v) is 5.75. The molecule has 1 saturated heterocycles.